The Morgan fingerprint density at radius 3 is 2.61 bits per heavy atom. The van der Waals surface area contributed by atoms with Crippen molar-refractivity contribution in [1.82, 2.24) is 4.90 Å². The number of hydrogen-bond acceptors (Lipinski definition) is 1. The molecule has 2 saturated carbocycles. The minimum Gasteiger partial charge on any atom is -0.335 e. The van der Waals surface area contributed by atoms with E-state index in [4.69, 9.17) is 0 Å². The van der Waals surface area contributed by atoms with Crippen LogP contribution >= 0.6 is 15.9 Å². The van der Waals surface area contributed by atoms with Crippen LogP contribution in [0.1, 0.15) is 37.7 Å². The molecular formula is C15H18BrNO. The first-order valence-corrected chi connectivity index (χ1v) is 7.58. The highest BCUT2D eigenvalue weighted by Crippen LogP contribution is 2.35. The number of hydrogen-bond donors (Lipinski definition) is 0. The van der Waals surface area contributed by atoms with Crippen LogP contribution in [0.3, 0.4) is 0 Å². The van der Waals surface area contributed by atoms with Crippen LogP contribution in [0.25, 0.3) is 0 Å². The zero-order chi connectivity index (χ0) is 12.5. The Kier molecular flexibility index (Phi) is 3.42. The quantitative estimate of drug-likeness (QED) is 0.830. The number of halogens is 1. The van der Waals surface area contributed by atoms with E-state index in [1.54, 1.807) is 0 Å². The molecule has 2 nitrogen and oxygen atoms in total. The molecule has 3 heteroatoms. The molecule has 0 radical (unpaired) electrons. The SMILES string of the molecule is O=C(C1CCC1)N(Cc1cccc(Br)c1)C1CC1. The Hall–Kier alpha value is -0.830. The van der Waals surface area contributed by atoms with Gasteiger partial charge in [0.25, 0.3) is 0 Å². The lowest BCUT2D eigenvalue weighted by atomic mass is 9.84. The van der Waals surface area contributed by atoms with Crippen molar-refractivity contribution in [2.75, 3.05) is 0 Å². The summed E-state index contributed by atoms with van der Waals surface area (Å²) in [6, 6.07) is 8.80. The van der Waals surface area contributed by atoms with Gasteiger partial charge in [-0.3, -0.25) is 4.79 Å². The first kappa shape index (κ1) is 12.2. The van der Waals surface area contributed by atoms with E-state index in [9.17, 15) is 4.79 Å². The van der Waals surface area contributed by atoms with Gasteiger partial charge in [-0.2, -0.15) is 0 Å². The highest BCUT2D eigenvalue weighted by Gasteiger charge is 2.37. The molecule has 0 aromatic heterocycles. The summed E-state index contributed by atoms with van der Waals surface area (Å²) >= 11 is 3.49. The molecule has 0 atom stereocenters. The van der Waals surface area contributed by atoms with Crippen LogP contribution in [0, 0.1) is 5.92 Å². The molecule has 0 saturated heterocycles. The molecule has 1 aromatic rings. The zero-order valence-electron chi connectivity index (χ0n) is 10.4. The van der Waals surface area contributed by atoms with Crippen molar-refractivity contribution in [2.24, 2.45) is 5.92 Å². The average Bonchev–Trinajstić information content (AvgIpc) is 3.07. The van der Waals surface area contributed by atoms with E-state index >= 15 is 0 Å². The lowest BCUT2D eigenvalue weighted by Crippen LogP contribution is -2.39. The third-order valence-corrected chi connectivity index (χ3v) is 4.46. The molecule has 0 spiro atoms. The summed E-state index contributed by atoms with van der Waals surface area (Å²) in [7, 11) is 0. The van der Waals surface area contributed by atoms with Gasteiger partial charge in [0, 0.05) is 23.0 Å². The largest absolute Gasteiger partial charge is 0.335 e. The van der Waals surface area contributed by atoms with Crippen molar-refractivity contribution in [2.45, 2.75) is 44.7 Å². The number of carbonyl (C=O) groups is 1. The predicted octanol–water partition coefficient (Wildman–Crippen LogP) is 3.74. The van der Waals surface area contributed by atoms with E-state index in [-0.39, 0.29) is 0 Å². The molecule has 0 bridgehead atoms. The molecule has 96 valence electrons. The molecule has 2 fully saturated rings. The van der Waals surface area contributed by atoms with Gasteiger partial charge in [-0.15, -0.1) is 0 Å². The number of amides is 1. The smallest absolute Gasteiger partial charge is 0.226 e. The van der Waals surface area contributed by atoms with Crippen molar-refractivity contribution in [3.05, 3.63) is 34.3 Å². The number of carbonyl (C=O) groups excluding carboxylic acids is 1. The van der Waals surface area contributed by atoms with Gasteiger partial charge in [0.2, 0.25) is 5.91 Å². The molecule has 0 heterocycles. The fourth-order valence-corrected chi connectivity index (χ4v) is 2.94. The van der Waals surface area contributed by atoms with Gasteiger partial charge in [-0.1, -0.05) is 34.5 Å². The monoisotopic (exact) mass is 307 g/mol. The van der Waals surface area contributed by atoms with Crippen LogP contribution < -0.4 is 0 Å². The zero-order valence-corrected chi connectivity index (χ0v) is 12.0. The predicted molar refractivity (Wildman–Crippen MR) is 75.1 cm³/mol. The lowest BCUT2D eigenvalue weighted by molar-refractivity contribution is -0.139. The van der Waals surface area contributed by atoms with E-state index in [0.717, 1.165) is 23.9 Å². The molecule has 2 aliphatic rings. The topological polar surface area (TPSA) is 20.3 Å². The van der Waals surface area contributed by atoms with Crippen LogP contribution in [0.4, 0.5) is 0 Å². The number of benzene rings is 1. The fourth-order valence-electron chi connectivity index (χ4n) is 2.49. The van der Waals surface area contributed by atoms with Crippen molar-refractivity contribution in [1.29, 1.82) is 0 Å². The van der Waals surface area contributed by atoms with Gasteiger partial charge >= 0.3 is 0 Å². The second-order valence-electron chi connectivity index (χ2n) is 5.46. The van der Waals surface area contributed by atoms with E-state index < -0.39 is 0 Å². The van der Waals surface area contributed by atoms with Crippen LogP contribution in [-0.4, -0.2) is 16.8 Å². The molecule has 18 heavy (non-hydrogen) atoms. The highest BCUT2D eigenvalue weighted by molar-refractivity contribution is 9.10. The summed E-state index contributed by atoms with van der Waals surface area (Å²) < 4.78 is 1.09. The van der Waals surface area contributed by atoms with Gasteiger partial charge in [-0.05, 0) is 43.4 Å². The molecule has 1 amide bonds. The van der Waals surface area contributed by atoms with Crippen molar-refractivity contribution in [3.8, 4) is 0 Å². The summed E-state index contributed by atoms with van der Waals surface area (Å²) in [6.45, 7) is 0.777. The summed E-state index contributed by atoms with van der Waals surface area (Å²) in [4.78, 5) is 14.5. The molecule has 0 unspecified atom stereocenters. The van der Waals surface area contributed by atoms with E-state index in [2.05, 4.69) is 33.0 Å². The first-order valence-electron chi connectivity index (χ1n) is 6.79. The lowest BCUT2D eigenvalue weighted by Gasteiger charge is -2.32. The van der Waals surface area contributed by atoms with Crippen molar-refractivity contribution < 1.29 is 4.79 Å². The third kappa shape index (κ3) is 2.61. The van der Waals surface area contributed by atoms with Gasteiger partial charge in [0.15, 0.2) is 0 Å². The van der Waals surface area contributed by atoms with E-state index in [1.165, 1.54) is 24.8 Å². The van der Waals surface area contributed by atoms with Crippen LogP contribution in [0.2, 0.25) is 0 Å². The van der Waals surface area contributed by atoms with Gasteiger partial charge in [-0.25, -0.2) is 0 Å². The maximum atomic E-state index is 12.4. The normalized spacial score (nSPS) is 19.4. The minimum absolute atomic E-state index is 0.317. The summed E-state index contributed by atoms with van der Waals surface area (Å²) in [5.74, 6) is 0.710. The molecule has 0 aliphatic heterocycles. The minimum atomic E-state index is 0.317. The second-order valence-corrected chi connectivity index (χ2v) is 6.37. The number of rotatable bonds is 4. The standard InChI is InChI=1S/C15H18BrNO/c16-13-6-1-3-11(9-13)10-17(14-7-8-14)15(18)12-4-2-5-12/h1,3,6,9,12,14H,2,4-5,7-8,10H2. The van der Waals surface area contributed by atoms with Crippen molar-refractivity contribution in [3.63, 3.8) is 0 Å². The maximum absolute atomic E-state index is 12.4. The molecule has 2 aliphatic carbocycles. The van der Waals surface area contributed by atoms with Crippen molar-refractivity contribution >= 4 is 21.8 Å². The Morgan fingerprint density at radius 2 is 2.06 bits per heavy atom. The van der Waals surface area contributed by atoms with E-state index in [0.29, 0.717) is 17.9 Å². The third-order valence-electron chi connectivity index (χ3n) is 3.97. The van der Waals surface area contributed by atoms with Crippen LogP contribution in [0.5, 0.6) is 0 Å². The number of nitrogens with zero attached hydrogens (tertiary/aromatic N) is 1. The van der Waals surface area contributed by atoms with Crippen LogP contribution in [-0.2, 0) is 11.3 Å². The second kappa shape index (κ2) is 5.04. The maximum Gasteiger partial charge on any atom is 0.226 e. The van der Waals surface area contributed by atoms with Gasteiger partial charge < -0.3 is 4.90 Å². The Labute approximate surface area is 116 Å². The molecular weight excluding hydrogens is 290 g/mol. The summed E-state index contributed by atoms with van der Waals surface area (Å²) in [5.41, 5.74) is 1.23. The Bertz CT molecular complexity index is 452. The summed E-state index contributed by atoms with van der Waals surface area (Å²) in [6.07, 6.45) is 5.80. The molecule has 1 aromatic carbocycles. The van der Waals surface area contributed by atoms with Crippen LogP contribution in [0.15, 0.2) is 28.7 Å². The highest BCUT2D eigenvalue weighted by atomic mass is 79.9. The fraction of sp³-hybridized carbons (Fsp3) is 0.533. The average molecular weight is 308 g/mol. The first-order chi connectivity index (χ1) is 8.74. The van der Waals surface area contributed by atoms with Gasteiger partial charge in [0.1, 0.15) is 0 Å². The Balaban J connectivity index is 1.71. The molecule has 0 N–H and O–H groups in total. The van der Waals surface area contributed by atoms with Gasteiger partial charge in [0.05, 0.1) is 0 Å². The summed E-state index contributed by atoms with van der Waals surface area (Å²) in [5, 5.41) is 0. The Morgan fingerprint density at radius 1 is 1.28 bits per heavy atom. The molecule has 3 rings (SSSR count). The van der Waals surface area contributed by atoms with E-state index in [1.807, 2.05) is 12.1 Å².